The second kappa shape index (κ2) is 11.8. The molecule has 0 unspecified atom stereocenters. The van der Waals surface area contributed by atoms with E-state index >= 15 is 0 Å². The van der Waals surface area contributed by atoms with Gasteiger partial charge in [0.05, 0.1) is 17.6 Å². The van der Waals surface area contributed by atoms with Crippen molar-refractivity contribution < 1.29 is 17.9 Å². The Kier molecular flexibility index (Phi) is 9.16. The van der Waals surface area contributed by atoms with Gasteiger partial charge in [-0.05, 0) is 69.9 Å². The molecule has 0 radical (unpaired) electrons. The van der Waals surface area contributed by atoms with E-state index in [2.05, 4.69) is 10.2 Å². The predicted octanol–water partition coefficient (Wildman–Crippen LogP) is 3.26. The van der Waals surface area contributed by atoms with E-state index in [1.165, 1.54) is 44.9 Å². The zero-order valence-electron chi connectivity index (χ0n) is 18.8. The van der Waals surface area contributed by atoms with Gasteiger partial charge in [-0.2, -0.15) is 4.31 Å². The van der Waals surface area contributed by atoms with Crippen LogP contribution in [0.2, 0.25) is 0 Å². The normalized spacial score (nSPS) is 19.4. The van der Waals surface area contributed by atoms with Crippen LogP contribution in [0.1, 0.15) is 68.1 Å². The number of sulfonamides is 1. The predicted molar refractivity (Wildman–Crippen MR) is 122 cm³/mol. The maximum atomic E-state index is 13.1. The first-order valence-corrected chi connectivity index (χ1v) is 13.1. The zero-order valence-corrected chi connectivity index (χ0v) is 19.6. The molecule has 2 heterocycles. The van der Waals surface area contributed by atoms with E-state index in [9.17, 15) is 13.2 Å². The summed E-state index contributed by atoms with van der Waals surface area (Å²) >= 11 is 0. The Morgan fingerprint density at radius 1 is 0.968 bits per heavy atom. The molecule has 1 aromatic carbocycles. The number of ether oxygens (including phenoxy) is 1. The Bertz CT molecular complexity index is 812. The summed E-state index contributed by atoms with van der Waals surface area (Å²) in [6, 6.07) is 4.58. The Labute approximate surface area is 187 Å². The molecular formula is C23H37N3O4S. The van der Waals surface area contributed by atoms with Crippen LogP contribution in [0.3, 0.4) is 0 Å². The average molecular weight is 452 g/mol. The van der Waals surface area contributed by atoms with Gasteiger partial charge in [0, 0.05) is 19.6 Å². The van der Waals surface area contributed by atoms with Gasteiger partial charge in [-0.15, -0.1) is 0 Å². The first kappa shape index (κ1) is 24.0. The maximum Gasteiger partial charge on any atom is 0.255 e. The molecule has 2 aliphatic rings. The molecule has 31 heavy (non-hydrogen) atoms. The molecule has 8 heteroatoms. The van der Waals surface area contributed by atoms with Crippen LogP contribution in [0.4, 0.5) is 0 Å². The summed E-state index contributed by atoms with van der Waals surface area (Å²) in [6.45, 7) is 4.87. The minimum absolute atomic E-state index is 0.157. The van der Waals surface area contributed by atoms with Crippen molar-refractivity contribution in [1.82, 2.24) is 14.5 Å². The summed E-state index contributed by atoms with van der Waals surface area (Å²) in [5.41, 5.74) is 0.271. The van der Waals surface area contributed by atoms with Crippen molar-refractivity contribution in [1.29, 1.82) is 0 Å². The third kappa shape index (κ3) is 6.67. The Morgan fingerprint density at radius 3 is 2.19 bits per heavy atom. The van der Waals surface area contributed by atoms with Gasteiger partial charge < -0.3 is 15.0 Å². The number of carbonyl (C=O) groups excluding carboxylic acids is 1. The van der Waals surface area contributed by atoms with Crippen molar-refractivity contribution in [2.45, 2.75) is 62.7 Å². The van der Waals surface area contributed by atoms with Gasteiger partial charge in [0.2, 0.25) is 10.0 Å². The van der Waals surface area contributed by atoms with Gasteiger partial charge >= 0.3 is 0 Å². The Balaban J connectivity index is 1.63. The van der Waals surface area contributed by atoms with Crippen molar-refractivity contribution in [2.75, 3.05) is 46.4 Å². The lowest BCUT2D eigenvalue weighted by Crippen LogP contribution is -2.32. The molecular weight excluding hydrogens is 414 g/mol. The number of hydrogen-bond acceptors (Lipinski definition) is 5. The molecule has 2 fully saturated rings. The molecule has 1 amide bonds. The van der Waals surface area contributed by atoms with E-state index < -0.39 is 10.0 Å². The first-order valence-electron chi connectivity index (χ1n) is 11.7. The molecule has 0 aromatic heterocycles. The summed E-state index contributed by atoms with van der Waals surface area (Å²) in [4.78, 5) is 15.5. The summed E-state index contributed by atoms with van der Waals surface area (Å²) in [6.07, 6.45) is 9.86. The molecule has 0 bridgehead atoms. The van der Waals surface area contributed by atoms with Gasteiger partial charge in [0.1, 0.15) is 5.75 Å². The van der Waals surface area contributed by atoms with Crippen molar-refractivity contribution in [3.63, 3.8) is 0 Å². The highest BCUT2D eigenvalue weighted by Crippen LogP contribution is 2.26. The largest absolute Gasteiger partial charge is 0.496 e. The van der Waals surface area contributed by atoms with Crippen molar-refractivity contribution in [3.8, 4) is 5.75 Å². The van der Waals surface area contributed by atoms with E-state index in [1.807, 2.05) is 0 Å². The fourth-order valence-electron chi connectivity index (χ4n) is 4.42. The SMILES string of the molecule is COc1ccc(S(=O)(=O)N2CCCCCC2)cc1C(=O)NCCCN1CCCCCC1. The molecule has 0 atom stereocenters. The first-order chi connectivity index (χ1) is 15.0. The van der Waals surface area contributed by atoms with Crippen molar-refractivity contribution in [2.24, 2.45) is 0 Å². The van der Waals surface area contributed by atoms with Crippen LogP contribution in [0.25, 0.3) is 0 Å². The van der Waals surface area contributed by atoms with Crippen LogP contribution in [-0.4, -0.2) is 69.9 Å². The number of rotatable bonds is 8. The van der Waals surface area contributed by atoms with Crippen molar-refractivity contribution in [3.05, 3.63) is 23.8 Å². The molecule has 2 saturated heterocycles. The van der Waals surface area contributed by atoms with Gasteiger partial charge in [-0.1, -0.05) is 25.7 Å². The van der Waals surface area contributed by atoms with Gasteiger partial charge in [-0.3, -0.25) is 4.79 Å². The number of hydrogen-bond donors (Lipinski definition) is 1. The summed E-state index contributed by atoms with van der Waals surface area (Å²) in [5.74, 6) is 0.0977. The highest BCUT2D eigenvalue weighted by atomic mass is 32.2. The van der Waals surface area contributed by atoms with Crippen LogP contribution in [0, 0.1) is 0 Å². The molecule has 174 valence electrons. The third-order valence-corrected chi connectivity index (χ3v) is 8.15. The van der Waals surface area contributed by atoms with Gasteiger partial charge in [0.15, 0.2) is 0 Å². The lowest BCUT2D eigenvalue weighted by Gasteiger charge is -2.21. The topological polar surface area (TPSA) is 79.0 Å². The monoisotopic (exact) mass is 451 g/mol. The van der Waals surface area contributed by atoms with Gasteiger partial charge in [0.25, 0.3) is 5.91 Å². The van der Waals surface area contributed by atoms with Crippen LogP contribution in [-0.2, 0) is 10.0 Å². The quantitative estimate of drug-likeness (QED) is 0.614. The average Bonchev–Trinajstić information content (AvgIpc) is 3.22. The molecule has 3 rings (SSSR count). The zero-order chi connectivity index (χ0) is 22.1. The van der Waals surface area contributed by atoms with Crippen LogP contribution < -0.4 is 10.1 Å². The van der Waals surface area contributed by atoms with E-state index in [1.54, 1.807) is 10.4 Å². The van der Waals surface area contributed by atoms with E-state index in [4.69, 9.17) is 4.74 Å². The number of carbonyl (C=O) groups is 1. The number of methoxy groups -OCH3 is 1. The lowest BCUT2D eigenvalue weighted by atomic mass is 10.2. The number of nitrogens with one attached hydrogen (secondary N) is 1. The second-order valence-electron chi connectivity index (χ2n) is 8.55. The van der Waals surface area contributed by atoms with E-state index in [0.717, 1.165) is 51.7 Å². The molecule has 1 aromatic rings. The molecule has 0 saturated carbocycles. The summed E-state index contributed by atoms with van der Waals surface area (Å²) in [7, 11) is -2.12. The molecule has 0 spiro atoms. The Hall–Kier alpha value is -1.64. The fraction of sp³-hybridized carbons (Fsp3) is 0.696. The highest BCUT2D eigenvalue weighted by molar-refractivity contribution is 7.89. The van der Waals surface area contributed by atoms with Gasteiger partial charge in [-0.25, -0.2) is 8.42 Å². The summed E-state index contributed by atoms with van der Waals surface area (Å²) in [5, 5.41) is 2.94. The maximum absolute atomic E-state index is 13.1. The smallest absolute Gasteiger partial charge is 0.255 e. The highest BCUT2D eigenvalue weighted by Gasteiger charge is 2.27. The number of amides is 1. The van der Waals surface area contributed by atoms with Crippen molar-refractivity contribution >= 4 is 15.9 Å². The second-order valence-corrected chi connectivity index (χ2v) is 10.5. The van der Waals surface area contributed by atoms with Crippen LogP contribution in [0.15, 0.2) is 23.1 Å². The minimum Gasteiger partial charge on any atom is -0.496 e. The number of nitrogens with zero attached hydrogens (tertiary/aromatic N) is 2. The van der Waals surface area contributed by atoms with Crippen LogP contribution in [0.5, 0.6) is 5.75 Å². The minimum atomic E-state index is -3.62. The molecule has 7 nitrogen and oxygen atoms in total. The number of likely N-dealkylation sites (tertiary alicyclic amines) is 1. The number of benzene rings is 1. The van der Waals surface area contributed by atoms with E-state index in [-0.39, 0.29) is 16.4 Å². The van der Waals surface area contributed by atoms with Crippen LogP contribution >= 0.6 is 0 Å². The fourth-order valence-corrected chi connectivity index (χ4v) is 5.96. The molecule has 2 aliphatic heterocycles. The third-order valence-electron chi connectivity index (χ3n) is 6.25. The standard InChI is InChI=1S/C23H37N3O4S/c1-30-22-12-11-20(31(28,29)26-17-8-4-5-9-18-26)19-21(22)23(27)24-13-10-16-25-14-6-2-3-7-15-25/h11-12,19H,2-10,13-18H2,1H3,(H,24,27). The Morgan fingerprint density at radius 2 is 1.58 bits per heavy atom. The van der Waals surface area contributed by atoms with E-state index in [0.29, 0.717) is 25.4 Å². The molecule has 1 N–H and O–H groups in total. The lowest BCUT2D eigenvalue weighted by molar-refractivity contribution is 0.0948. The molecule has 0 aliphatic carbocycles. The summed E-state index contributed by atoms with van der Waals surface area (Å²) < 4.78 is 33.1.